The molecule has 1 aromatic carbocycles. The molecule has 2 rings (SSSR count). The van der Waals surface area contributed by atoms with Crippen molar-refractivity contribution in [3.8, 4) is 5.75 Å². The van der Waals surface area contributed by atoms with Crippen LogP contribution in [0.2, 0.25) is 0 Å². The average molecular weight is 320 g/mol. The van der Waals surface area contributed by atoms with Crippen molar-refractivity contribution in [1.82, 2.24) is 0 Å². The highest BCUT2D eigenvalue weighted by atomic mass is 16.6. The minimum atomic E-state index is -0.129. The number of amidine groups is 1. The zero-order valence-corrected chi connectivity index (χ0v) is 14.0. The van der Waals surface area contributed by atoms with Crippen molar-refractivity contribution in [3.63, 3.8) is 0 Å². The predicted molar refractivity (Wildman–Crippen MR) is 92.4 cm³/mol. The summed E-state index contributed by atoms with van der Waals surface area (Å²) in [6.45, 7) is 4.63. The Labute approximate surface area is 138 Å². The van der Waals surface area contributed by atoms with E-state index in [0.717, 1.165) is 42.6 Å². The van der Waals surface area contributed by atoms with Crippen LogP contribution in [0.4, 0.5) is 0 Å². The van der Waals surface area contributed by atoms with Gasteiger partial charge in [0.15, 0.2) is 0 Å². The van der Waals surface area contributed by atoms with Gasteiger partial charge in [-0.2, -0.15) is 0 Å². The zero-order valence-electron chi connectivity index (χ0n) is 14.0. The Morgan fingerprint density at radius 3 is 2.91 bits per heavy atom. The van der Waals surface area contributed by atoms with Crippen LogP contribution in [0.1, 0.15) is 44.2 Å². The van der Waals surface area contributed by atoms with E-state index in [-0.39, 0.29) is 18.2 Å². The maximum Gasteiger partial charge on any atom is 0.127 e. The molecule has 0 fully saturated rings. The van der Waals surface area contributed by atoms with Gasteiger partial charge in [0, 0.05) is 5.56 Å². The smallest absolute Gasteiger partial charge is 0.127 e. The summed E-state index contributed by atoms with van der Waals surface area (Å²) in [5.74, 6) is 6.68. The third-order valence-electron chi connectivity index (χ3n) is 4.36. The molecule has 3 unspecified atom stereocenters. The molecule has 1 aliphatic heterocycles. The van der Waals surface area contributed by atoms with E-state index in [9.17, 15) is 0 Å². The lowest BCUT2D eigenvalue weighted by Crippen LogP contribution is -2.36. The van der Waals surface area contributed by atoms with E-state index in [2.05, 4.69) is 18.0 Å². The lowest BCUT2D eigenvalue weighted by atomic mass is 9.97. The monoisotopic (exact) mass is 320 g/mol. The van der Waals surface area contributed by atoms with Crippen molar-refractivity contribution in [2.75, 3.05) is 6.54 Å². The Morgan fingerprint density at radius 2 is 2.26 bits per heavy atom. The molecule has 0 aromatic heterocycles. The molecular weight excluding hydrogens is 292 g/mol. The van der Waals surface area contributed by atoms with Crippen molar-refractivity contribution < 1.29 is 9.57 Å². The molecule has 6 heteroatoms. The predicted octanol–water partition coefficient (Wildman–Crippen LogP) is 1.49. The van der Waals surface area contributed by atoms with Crippen LogP contribution < -0.4 is 22.1 Å². The van der Waals surface area contributed by atoms with Gasteiger partial charge in [-0.25, -0.2) is 5.90 Å². The topological polar surface area (TPSA) is 109 Å². The number of hydrogen-bond donors (Lipinski definition) is 3. The number of nitrogens with two attached hydrogens (primary N) is 3. The summed E-state index contributed by atoms with van der Waals surface area (Å²) in [5.41, 5.74) is 13.9. The number of rotatable bonds is 7. The molecule has 0 bridgehead atoms. The molecule has 0 amide bonds. The Hall–Kier alpha value is -1.63. The van der Waals surface area contributed by atoms with Crippen LogP contribution in [0, 0.1) is 0 Å². The fourth-order valence-corrected chi connectivity index (χ4v) is 2.81. The highest BCUT2D eigenvalue weighted by molar-refractivity contribution is 5.98. The molecule has 1 aliphatic rings. The Bertz CT molecular complexity index is 547. The van der Waals surface area contributed by atoms with Crippen molar-refractivity contribution >= 4 is 5.84 Å². The second kappa shape index (κ2) is 8.29. The third-order valence-corrected chi connectivity index (χ3v) is 4.36. The van der Waals surface area contributed by atoms with Gasteiger partial charge in [0.1, 0.15) is 23.8 Å². The van der Waals surface area contributed by atoms with E-state index in [1.807, 2.05) is 19.1 Å². The molecule has 0 saturated carbocycles. The van der Waals surface area contributed by atoms with Gasteiger partial charge in [0.25, 0.3) is 0 Å². The summed E-state index contributed by atoms with van der Waals surface area (Å²) >= 11 is 0. The fourth-order valence-electron chi connectivity index (χ4n) is 2.81. The van der Waals surface area contributed by atoms with Crippen LogP contribution in [0.5, 0.6) is 5.75 Å². The largest absolute Gasteiger partial charge is 0.487 e. The van der Waals surface area contributed by atoms with E-state index in [1.165, 1.54) is 0 Å². The van der Waals surface area contributed by atoms with Gasteiger partial charge in [0.05, 0.1) is 6.04 Å². The second-order valence-corrected chi connectivity index (χ2v) is 6.01. The van der Waals surface area contributed by atoms with Gasteiger partial charge in [-0.15, -0.1) is 0 Å². The van der Waals surface area contributed by atoms with Crippen LogP contribution in [0.3, 0.4) is 0 Å². The number of aliphatic imine (C=N–C) groups is 1. The molecule has 1 heterocycles. The van der Waals surface area contributed by atoms with Crippen molar-refractivity contribution in [3.05, 3.63) is 29.3 Å². The van der Waals surface area contributed by atoms with Crippen LogP contribution in [0.25, 0.3) is 0 Å². The van der Waals surface area contributed by atoms with Crippen molar-refractivity contribution in [1.29, 1.82) is 0 Å². The molecule has 0 radical (unpaired) electrons. The van der Waals surface area contributed by atoms with E-state index >= 15 is 0 Å². The quantitative estimate of drug-likeness (QED) is 0.401. The molecule has 0 saturated heterocycles. The summed E-state index contributed by atoms with van der Waals surface area (Å²) in [6.07, 6.45) is 3.43. The Morgan fingerprint density at radius 1 is 1.48 bits per heavy atom. The van der Waals surface area contributed by atoms with Crippen LogP contribution in [-0.2, 0) is 11.3 Å². The van der Waals surface area contributed by atoms with Crippen LogP contribution in [0.15, 0.2) is 23.2 Å². The summed E-state index contributed by atoms with van der Waals surface area (Å²) in [5, 5.41) is 0. The molecule has 0 spiro atoms. The first-order valence-electron chi connectivity index (χ1n) is 8.27. The van der Waals surface area contributed by atoms with Gasteiger partial charge in [-0.3, -0.25) is 9.83 Å². The molecular formula is C17H28N4O2. The SMILES string of the molecule is CCC(CCN)N=C(N)c1ccc2c(c1)CCC(C(C)ON)O2. The van der Waals surface area contributed by atoms with Gasteiger partial charge < -0.3 is 16.2 Å². The first kappa shape index (κ1) is 17.7. The number of nitrogens with zero attached hydrogens (tertiary/aromatic N) is 1. The molecule has 0 aliphatic carbocycles. The fraction of sp³-hybridized carbons (Fsp3) is 0.588. The first-order chi connectivity index (χ1) is 11.1. The van der Waals surface area contributed by atoms with E-state index in [0.29, 0.717) is 12.4 Å². The van der Waals surface area contributed by atoms with Gasteiger partial charge in [-0.05, 0) is 62.9 Å². The third kappa shape index (κ3) is 4.43. The van der Waals surface area contributed by atoms with Crippen LogP contribution >= 0.6 is 0 Å². The molecule has 1 aromatic rings. The number of ether oxygens (including phenoxy) is 1. The van der Waals surface area contributed by atoms with Crippen LogP contribution in [-0.4, -0.2) is 30.6 Å². The van der Waals surface area contributed by atoms with E-state index in [1.54, 1.807) is 0 Å². The van der Waals surface area contributed by atoms with E-state index in [4.69, 9.17) is 26.9 Å². The minimum absolute atomic E-state index is 0.0154. The molecule has 3 atom stereocenters. The maximum atomic E-state index is 6.16. The minimum Gasteiger partial charge on any atom is -0.487 e. The van der Waals surface area contributed by atoms with Gasteiger partial charge in [-0.1, -0.05) is 6.92 Å². The highest BCUT2D eigenvalue weighted by Crippen LogP contribution is 2.30. The standard InChI is InChI=1S/C17H28N4O2/c1-3-14(8-9-18)21-17(19)13-5-7-16-12(10-13)4-6-15(22-16)11(2)23-20/h5,7,10-11,14-15H,3-4,6,8-9,18,20H2,1-2H3,(H2,19,21). The Kier molecular flexibility index (Phi) is 6.38. The molecule has 128 valence electrons. The Balaban J connectivity index is 2.14. The van der Waals surface area contributed by atoms with Crippen molar-refractivity contribution in [2.24, 2.45) is 22.4 Å². The number of hydrogen-bond acceptors (Lipinski definition) is 5. The summed E-state index contributed by atoms with van der Waals surface area (Å²) in [4.78, 5) is 9.47. The first-order valence-corrected chi connectivity index (χ1v) is 8.27. The number of aryl methyl sites for hydroxylation is 1. The number of benzene rings is 1. The average Bonchev–Trinajstić information content (AvgIpc) is 2.59. The highest BCUT2D eigenvalue weighted by Gasteiger charge is 2.25. The normalized spacial score (nSPS) is 20.5. The van der Waals surface area contributed by atoms with E-state index < -0.39 is 0 Å². The lowest BCUT2D eigenvalue weighted by Gasteiger charge is -2.29. The molecule has 23 heavy (non-hydrogen) atoms. The summed E-state index contributed by atoms with van der Waals surface area (Å²) in [6, 6.07) is 6.14. The van der Waals surface area contributed by atoms with Gasteiger partial charge in [0.2, 0.25) is 0 Å². The zero-order chi connectivity index (χ0) is 16.8. The second-order valence-electron chi connectivity index (χ2n) is 6.01. The maximum absolute atomic E-state index is 6.16. The summed E-state index contributed by atoms with van der Waals surface area (Å²) < 4.78 is 5.96. The molecule has 6 nitrogen and oxygen atoms in total. The molecule has 6 N–H and O–H groups in total. The number of fused-ring (bicyclic) bond motifs is 1. The van der Waals surface area contributed by atoms with Crippen molar-refractivity contribution in [2.45, 2.75) is 57.8 Å². The lowest BCUT2D eigenvalue weighted by molar-refractivity contribution is -0.0238. The van der Waals surface area contributed by atoms with Gasteiger partial charge >= 0.3 is 0 Å². The summed E-state index contributed by atoms with van der Waals surface area (Å²) in [7, 11) is 0.